The highest BCUT2D eigenvalue weighted by Crippen LogP contribution is 2.26. The van der Waals surface area contributed by atoms with Gasteiger partial charge >= 0.3 is 0 Å². The third kappa shape index (κ3) is 2.93. The minimum absolute atomic E-state index is 0.0527. The van der Waals surface area contributed by atoms with Gasteiger partial charge in [-0.15, -0.1) is 11.6 Å². The van der Waals surface area contributed by atoms with Gasteiger partial charge in [0.25, 0.3) is 0 Å². The van der Waals surface area contributed by atoms with Crippen molar-refractivity contribution in [2.24, 2.45) is 0 Å². The molecule has 0 radical (unpaired) electrons. The second kappa shape index (κ2) is 5.27. The lowest BCUT2D eigenvalue weighted by molar-refractivity contribution is -0.131. The summed E-state index contributed by atoms with van der Waals surface area (Å²) in [5.41, 5.74) is 1.00. The van der Waals surface area contributed by atoms with Gasteiger partial charge in [0, 0.05) is 16.6 Å². The zero-order valence-corrected chi connectivity index (χ0v) is 11.8. The molecule has 1 amide bonds. The number of hydrogen-bond acceptors (Lipinski definition) is 2. The van der Waals surface area contributed by atoms with Crippen LogP contribution in [0.4, 0.5) is 0 Å². The normalized spacial score (nSPS) is 16.8. The van der Waals surface area contributed by atoms with Gasteiger partial charge in [-0.3, -0.25) is 4.79 Å². The van der Waals surface area contributed by atoms with Crippen molar-refractivity contribution in [3.05, 3.63) is 28.2 Å². The number of amides is 1. The first-order valence-corrected chi connectivity index (χ1v) is 6.65. The van der Waals surface area contributed by atoms with Crippen LogP contribution < -0.4 is 4.74 Å². The maximum atomic E-state index is 11.9. The number of hydrogen-bond donors (Lipinski definition) is 0. The van der Waals surface area contributed by atoms with Gasteiger partial charge < -0.3 is 9.64 Å². The van der Waals surface area contributed by atoms with Gasteiger partial charge in [0.2, 0.25) is 5.91 Å². The van der Waals surface area contributed by atoms with Crippen LogP contribution in [0.2, 0.25) is 0 Å². The van der Waals surface area contributed by atoms with Crippen LogP contribution in [0.15, 0.2) is 22.7 Å². The van der Waals surface area contributed by atoms with Crippen LogP contribution in [-0.2, 0) is 11.3 Å². The van der Waals surface area contributed by atoms with Gasteiger partial charge in [0.1, 0.15) is 17.7 Å². The molecular formula is C12H13BrClNO2. The fourth-order valence-corrected chi connectivity index (χ4v) is 2.35. The zero-order valence-electron chi connectivity index (χ0n) is 9.45. The molecule has 1 atom stereocenters. The Bertz CT molecular complexity index is 437. The molecule has 0 aliphatic carbocycles. The minimum atomic E-state index is -0.497. The van der Waals surface area contributed by atoms with Crippen molar-refractivity contribution in [2.75, 3.05) is 13.2 Å². The Hall–Kier alpha value is -0.740. The van der Waals surface area contributed by atoms with E-state index < -0.39 is 5.38 Å². The van der Waals surface area contributed by atoms with Crippen molar-refractivity contribution in [3.63, 3.8) is 0 Å². The van der Waals surface area contributed by atoms with Gasteiger partial charge in [-0.1, -0.05) is 15.9 Å². The fourth-order valence-electron chi connectivity index (χ4n) is 1.80. The molecule has 1 aliphatic heterocycles. The molecule has 92 valence electrons. The second-order valence-electron chi connectivity index (χ2n) is 3.98. The average Bonchev–Trinajstić information content (AvgIpc) is 2.49. The zero-order chi connectivity index (χ0) is 12.4. The molecule has 1 aromatic carbocycles. The summed E-state index contributed by atoms with van der Waals surface area (Å²) in [6.45, 7) is 3.31. The molecule has 1 heterocycles. The molecule has 2 rings (SSSR count). The number of ether oxygens (including phenoxy) is 1. The summed E-state index contributed by atoms with van der Waals surface area (Å²) in [4.78, 5) is 13.6. The Labute approximate surface area is 114 Å². The number of halogens is 2. The first-order chi connectivity index (χ1) is 8.08. The lowest BCUT2D eigenvalue weighted by Crippen LogP contribution is -2.36. The van der Waals surface area contributed by atoms with Crippen molar-refractivity contribution in [1.29, 1.82) is 0 Å². The Kier molecular flexibility index (Phi) is 3.94. The monoisotopic (exact) mass is 317 g/mol. The van der Waals surface area contributed by atoms with Crippen molar-refractivity contribution in [2.45, 2.75) is 18.8 Å². The van der Waals surface area contributed by atoms with Gasteiger partial charge in [-0.25, -0.2) is 0 Å². The molecule has 0 aromatic heterocycles. The molecule has 0 saturated carbocycles. The molecule has 1 aromatic rings. The molecule has 17 heavy (non-hydrogen) atoms. The third-order valence-corrected chi connectivity index (χ3v) is 3.33. The Morgan fingerprint density at radius 1 is 1.59 bits per heavy atom. The van der Waals surface area contributed by atoms with Gasteiger partial charge in [-0.2, -0.15) is 0 Å². The predicted molar refractivity (Wildman–Crippen MR) is 70.4 cm³/mol. The molecule has 0 bridgehead atoms. The van der Waals surface area contributed by atoms with E-state index in [9.17, 15) is 4.79 Å². The molecule has 0 saturated heterocycles. The minimum Gasteiger partial charge on any atom is -0.491 e. The van der Waals surface area contributed by atoms with Crippen molar-refractivity contribution in [1.82, 2.24) is 4.90 Å². The van der Waals surface area contributed by atoms with E-state index in [-0.39, 0.29) is 5.91 Å². The molecule has 0 N–H and O–H groups in total. The summed E-state index contributed by atoms with van der Waals surface area (Å²) in [5, 5.41) is -0.497. The van der Waals surface area contributed by atoms with Crippen molar-refractivity contribution in [3.8, 4) is 5.75 Å². The molecule has 1 aliphatic rings. The standard InChI is InChI=1S/C12H13BrClNO2/c1-8(14)12(16)15-4-5-17-11-3-2-10(13)6-9(11)7-15/h2-3,6,8H,4-5,7H2,1H3/t8-/m1/s1. The molecule has 0 spiro atoms. The van der Waals surface area contributed by atoms with Crippen LogP contribution in [0, 0.1) is 0 Å². The van der Waals surface area contributed by atoms with Crippen LogP contribution >= 0.6 is 27.5 Å². The summed E-state index contributed by atoms with van der Waals surface area (Å²) >= 11 is 9.25. The van der Waals surface area contributed by atoms with Crippen molar-refractivity contribution < 1.29 is 9.53 Å². The summed E-state index contributed by atoms with van der Waals surface area (Å²) in [5.74, 6) is 0.786. The summed E-state index contributed by atoms with van der Waals surface area (Å²) in [6.07, 6.45) is 0. The van der Waals surface area contributed by atoms with Gasteiger partial charge in [0.05, 0.1) is 6.54 Å². The summed E-state index contributed by atoms with van der Waals surface area (Å²) < 4.78 is 6.59. The fraction of sp³-hybridized carbons (Fsp3) is 0.417. The smallest absolute Gasteiger partial charge is 0.240 e. The maximum Gasteiger partial charge on any atom is 0.240 e. The van der Waals surface area contributed by atoms with E-state index >= 15 is 0 Å². The highest BCUT2D eigenvalue weighted by Gasteiger charge is 2.22. The molecule has 5 heteroatoms. The highest BCUT2D eigenvalue weighted by molar-refractivity contribution is 9.10. The number of nitrogens with zero attached hydrogens (tertiary/aromatic N) is 1. The van der Waals surface area contributed by atoms with Crippen LogP contribution in [0.3, 0.4) is 0 Å². The lowest BCUT2D eigenvalue weighted by Gasteiger charge is -2.21. The van der Waals surface area contributed by atoms with E-state index in [2.05, 4.69) is 15.9 Å². The Morgan fingerprint density at radius 2 is 2.35 bits per heavy atom. The van der Waals surface area contributed by atoms with Crippen LogP contribution in [0.1, 0.15) is 12.5 Å². The maximum absolute atomic E-state index is 11.9. The van der Waals surface area contributed by atoms with E-state index in [1.165, 1.54) is 0 Å². The summed E-state index contributed by atoms with van der Waals surface area (Å²) in [6, 6.07) is 5.82. The topological polar surface area (TPSA) is 29.5 Å². The van der Waals surface area contributed by atoms with Crippen LogP contribution in [0.25, 0.3) is 0 Å². The van der Waals surface area contributed by atoms with Crippen LogP contribution in [-0.4, -0.2) is 29.3 Å². The van der Waals surface area contributed by atoms with E-state index in [1.807, 2.05) is 18.2 Å². The molecule has 3 nitrogen and oxygen atoms in total. The number of carbonyl (C=O) groups excluding carboxylic acids is 1. The number of rotatable bonds is 1. The van der Waals surface area contributed by atoms with E-state index in [1.54, 1.807) is 11.8 Å². The number of benzene rings is 1. The first-order valence-electron chi connectivity index (χ1n) is 5.42. The number of carbonyl (C=O) groups is 1. The van der Waals surface area contributed by atoms with Gasteiger partial charge in [-0.05, 0) is 25.1 Å². The average molecular weight is 319 g/mol. The number of alkyl halides is 1. The third-order valence-electron chi connectivity index (χ3n) is 2.65. The van der Waals surface area contributed by atoms with Gasteiger partial charge in [0.15, 0.2) is 0 Å². The van der Waals surface area contributed by atoms with E-state index in [4.69, 9.17) is 16.3 Å². The molecule has 0 unspecified atom stereocenters. The second-order valence-corrected chi connectivity index (χ2v) is 5.55. The van der Waals surface area contributed by atoms with Crippen molar-refractivity contribution >= 4 is 33.4 Å². The largest absolute Gasteiger partial charge is 0.491 e. The number of fused-ring (bicyclic) bond motifs is 1. The van der Waals surface area contributed by atoms with E-state index in [0.717, 1.165) is 15.8 Å². The lowest BCUT2D eigenvalue weighted by atomic mass is 10.2. The predicted octanol–water partition coefficient (Wildman–Crippen LogP) is 2.80. The first kappa shape index (κ1) is 12.7. The van der Waals surface area contributed by atoms with E-state index in [0.29, 0.717) is 19.7 Å². The van der Waals surface area contributed by atoms with Crippen LogP contribution in [0.5, 0.6) is 5.75 Å². The molecule has 0 fully saturated rings. The highest BCUT2D eigenvalue weighted by atomic mass is 79.9. The quantitative estimate of drug-likeness (QED) is 0.745. The molecular weight excluding hydrogens is 305 g/mol. The summed E-state index contributed by atoms with van der Waals surface area (Å²) in [7, 11) is 0. The Balaban J connectivity index is 2.24. The Morgan fingerprint density at radius 3 is 3.06 bits per heavy atom. The SMILES string of the molecule is C[C@@H](Cl)C(=O)N1CCOc2ccc(Br)cc2C1.